The molecular weight excluding hydrogens is 540 g/mol. The van der Waals surface area contributed by atoms with Gasteiger partial charge in [-0.05, 0) is 71.4 Å². The molecule has 0 fully saturated rings. The van der Waals surface area contributed by atoms with Crippen LogP contribution in [0.5, 0.6) is 0 Å². The van der Waals surface area contributed by atoms with Crippen molar-refractivity contribution in [2.75, 3.05) is 0 Å². The van der Waals surface area contributed by atoms with Crippen LogP contribution in [0.4, 0.5) is 4.79 Å². The smallest absolute Gasteiger partial charge is 0.348 e. The largest absolute Gasteiger partial charge is 0.478 e. The van der Waals surface area contributed by atoms with Gasteiger partial charge in [0.25, 0.3) is 5.91 Å². The van der Waals surface area contributed by atoms with E-state index < -0.39 is 23.9 Å². The van der Waals surface area contributed by atoms with Gasteiger partial charge < -0.3 is 9.67 Å². The number of aromatic nitrogens is 2. The summed E-state index contributed by atoms with van der Waals surface area (Å²) in [5, 5.41) is 18.6. The Morgan fingerprint density at radius 1 is 1.19 bits per heavy atom. The second-order valence-corrected chi connectivity index (χ2v) is 9.82. The summed E-state index contributed by atoms with van der Waals surface area (Å²) >= 11 is 3.31. The van der Waals surface area contributed by atoms with Crippen molar-refractivity contribution in [2.45, 2.75) is 59.0 Å². The Hall–Kier alpha value is -3.50. The molecule has 196 valence electrons. The number of carbonyl (C=O) groups excluding carboxylic acids is 2. The molecule has 9 nitrogen and oxygen atoms in total. The van der Waals surface area contributed by atoms with E-state index in [1.54, 1.807) is 30.7 Å². The minimum absolute atomic E-state index is 0.0903. The standard InChI is InChI=1S/C27H31BrN4O5/c1-4-5-10-24-29-23(16-31(24)15-19-11-12-21(26(34)35)22(28)14-19)25(33)32(27(36)30-37)18(3)13-20-9-7-6-8-17(20)2/h6-9,11-12,14,16,18,37H,4-5,10,13,15H2,1-3H3,(H,30,36)(H,34,35). The average Bonchev–Trinajstić information content (AvgIpc) is 3.26. The highest BCUT2D eigenvalue weighted by molar-refractivity contribution is 9.10. The van der Waals surface area contributed by atoms with Gasteiger partial charge in [0.15, 0.2) is 0 Å². The number of carbonyl (C=O) groups is 3. The Morgan fingerprint density at radius 2 is 1.92 bits per heavy atom. The Balaban J connectivity index is 1.92. The number of hydroxylamine groups is 1. The van der Waals surface area contributed by atoms with Crippen LogP contribution in [0, 0.1) is 6.92 Å². The van der Waals surface area contributed by atoms with Crippen LogP contribution in [0.2, 0.25) is 0 Å². The first-order chi connectivity index (χ1) is 17.7. The zero-order chi connectivity index (χ0) is 27.1. The van der Waals surface area contributed by atoms with Gasteiger partial charge >= 0.3 is 12.0 Å². The number of carboxylic acid groups (broad SMARTS) is 1. The van der Waals surface area contributed by atoms with E-state index in [1.807, 2.05) is 35.8 Å². The van der Waals surface area contributed by atoms with E-state index in [0.29, 0.717) is 29.7 Å². The predicted molar refractivity (Wildman–Crippen MR) is 142 cm³/mol. The number of aryl methyl sites for hydroxylation is 2. The highest BCUT2D eigenvalue weighted by Gasteiger charge is 2.30. The first-order valence-electron chi connectivity index (χ1n) is 12.1. The Labute approximate surface area is 224 Å². The first-order valence-corrected chi connectivity index (χ1v) is 12.8. The average molecular weight is 571 g/mol. The Morgan fingerprint density at radius 3 is 2.54 bits per heavy atom. The van der Waals surface area contributed by atoms with E-state index in [-0.39, 0.29) is 11.3 Å². The van der Waals surface area contributed by atoms with E-state index in [9.17, 15) is 24.7 Å². The summed E-state index contributed by atoms with van der Waals surface area (Å²) in [5.74, 6) is -0.967. The molecule has 3 aromatic rings. The maximum absolute atomic E-state index is 13.5. The van der Waals surface area contributed by atoms with Crippen molar-refractivity contribution in [3.8, 4) is 0 Å². The van der Waals surface area contributed by atoms with Crippen molar-refractivity contribution >= 4 is 33.8 Å². The molecule has 0 saturated carbocycles. The molecule has 0 saturated heterocycles. The first kappa shape index (κ1) is 28.1. The van der Waals surface area contributed by atoms with Gasteiger partial charge in [-0.1, -0.05) is 43.7 Å². The molecule has 3 amide bonds. The van der Waals surface area contributed by atoms with Crippen LogP contribution in [0.15, 0.2) is 53.1 Å². The molecule has 10 heteroatoms. The fourth-order valence-corrected chi connectivity index (χ4v) is 4.77. The van der Waals surface area contributed by atoms with Crippen LogP contribution in [0.1, 0.15) is 70.1 Å². The molecule has 1 aromatic heterocycles. The van der Waals surface area contributed by atoms with Gasteiger partial charge in [-0.2, -0.15) is 0 Å². The van der Waals surface area contributed by atoms with Crippen molar-refractivity contribution in [3.63, 3.8) is 0 Å². The molecular formula is C27H31BrN4O5. The zero-order valence-electron chi connectivity index (χ0n) is 21.1. The molecule has 0 aliphatic heterocycles. The van der Waals surface area contributed by atoms with Crippen molar-refractivity contribution in [1.29, 1.82) is 0 Å². The van der Waals surface area contributed by atoms with Crippen LogP contribution in [-0.4, -0.2) is 48.7 Å². The number of hydrogen-bond acceptors (Lipinski definition) is 5. The van der Waals surface area contributed by atoms with Gasteiger partial charge in [0, 0.05) is 29.7 Å². The third-order valence-corrected chi connectivity index (χ3v) is 6.86. The lowest BCUT2D eigenvalue weighted by molar-refractivity contribution is 0.0672. The van der Waals surface area contributed by atoms with Crippen LogP contribution >= 0.6 is 15.9 Å². The molecule has 3 rings (SSSR count). The predicted octanol–water partition coefficient (Wildman–Crippen LogP) is 5.22. The molecule has 1 atom stereocenters. The van der Waals surface area contributed by atoms with Crippen molar-refractivity contribution in [3.05, 3.63) is 86.9 Å². The maximum atomic E-state index is 13.5. The molecule has 0 radical (unpaired) electrons. The highest BCUT2D eigenvalue weighted by atomic mass is 79.9. The van der Waals surface area contributed by atoms with E-state index in [4.69, 9.17) is 0 Å². The molecule has 1 unspecified atom stereocenters. The Bertz CT molecular complexity index is 1290. The molecule has 37 heavy (non-hydrogen) atoms. The summed E-state index contributed by atoms with van der Waals surface area (Å²) < 4.78 is 2.30. The van der Waals surface area contributed by atoms with Crippen LogP contribution in [0.25, 0.3) is 0 Å². The number of carboxylic acids is 1. The quantitative estimate of drug-likeness (QED) is 0.227. The third kappa shape index (κ3) is 6.84. The van der Waals surface area contributed by atoms with Crippen LogP contribution < -0.4 is 5.48 Å². The number of imidazole rings is 1. The summed E-state index contributed by atoms with van der Waals surface area (Å²) in [6.07, 6.45) is 4.44. The minimum atomic E-state index is -1.03. The van der Waals surface area contributed by atoms with Gasteiger partial charge in [-0.25, -0.2) is 20.1 Å². The summed E-state index contributed by atoms with van der Waals surface area (Å²) in [5.41, 5.74) is 4.69. The lowest BCUT2D eigenvalue weighted by Crippen LogP contribution is -2.48. The topological polar surface area (TPSA) is 125 Å². The minimum Gasteiger partial charge on any atom is -0.478 e. The number of unbranched alkanes of at least 4 members (excludes halogenated alkanes) is 1. The number of rotatable bonds is 10. The third-order valence-electron chi connectivity index (χ3n) is 6.20. The highest BCUT2D eigenvalue weighted by Crippen LogP contribution is 2.21. The van der Waals surface area contributed by atoms with Crippen molar-refractivity contribution in [2.24, 2.45) is 0 Å². The molecule has 1 heterocycles. The van der Waals surface area contributed by atoms with Crippen LogP contribution in [0.3, 0.4) is 0 Å². The number of amides is 3. The van der Waals surface area contributed by atoms with E-state index >= 15 is 0 Å². The molecule has 0 aliphatic carbocycles. The molecule has 0 spiro atoms. The molecule has 0 bridgehead atoms. The number of urea groups is 1. The summed E-state index contributed by atoms with van der Waals surface area (Å²) in [6.45, 7) is 6.13. The van der Waals surface area contributed by atoms with Gasteiger partial charge in [0.1, 0.15) is 11.5 Å². The molecule has 3 N–H and O–H groups in total. The fourth-order valence-electron chi connectivity index (χ4n) is 4.17. The lowest BCUT2D eigenvalue weighted by atomic mass is 10.0. The monoisotopic (exact) mass is 570 g/mol. The SMILES string of the molecule is CCCCc1nc(C(=O)N(C(=O)NO)C(C)Cc2ccccc2C)cn1Cc1ccc(C(=O)O)c(Br)c1. The van der Waals surface area contributed by atoms with Gasteiger partial charge in [-0.3, -0.25) is 14.9 Å². The number of halogens is 1. The van der Waals surface area contributed by atoms with E-state index in [2.05, 4.69) is 27.8 Å². The zero-order valence-corrected chi connectivity index (χ0v) is 22.7. The second-order valence-electron chi connectivity index (χ2n) is 8.96. The second kappa shape index (κ2) is 12.6. The van der Waals surface area contributed by atoms with Gasteiger partial charge in [0.2, 0.25) is 0 Å². The normalized spacial score (nSPS) is 11.7. The number of nitrogens with zero attached hydrogens (tertiary/aromatic N) is 3. The van der Waals surface area contributed by atoms with E-state index in [0.717, 1.165) is 34.4 Å². The maximum Gasteiger partial charge on any atom is 0.348 e. The van der Waals surface area contributed by atoms with Gasteiger partial charge in [0.05, 0.1) is 5.56 Å². The van der Waals surface area contributed by atoms with Crippen LogP contribution in [-0.2, 0) is 19.4 Å². The number of benzene rings is 2. The summed E-state index contributed by atoms with van der Waals surface area (Å²) in [6, 6.07) is 11.2. The molecule has 0 aliphatic rings. The molecule has 2 aromatic carbocycles. The summed E-state index contributed by atoms with van der Waals surface area (Å²) in [7, 11) is 0. The Kier molecular flexibility index (Phi) is 9.60. The number of hydrogen-bond donors (Lipinski definition) is 3. The number of imide groups is 1. The summed E-state index contributed by atoms with van der Waals surface area (Å²) in [4.78, 5) is 43.0. The fraction of sp³-hybridized carbons (Fsp3) is 0.333. The van der Waals surface area contributed by atoms with E-state index in [1.165, 1.54) is 6.07 Å². The number of nitrogens with one attached hydrogen (secondary N) is 1. The number of aromatic carboxylic acids is 1. The van der Waals surface area contributed by atoms with Gasteiger partial charge in [-0.15, -0.1) is 0 Å². The van der Waals surface area contributed by atoms with Crippen molar-refractivity contribution < 1.29 is 24.7 Å². The lowest BCUT2D eigenvalue weighted by Gasteiger charge is -2.26. The van der Waals surface area contributed by atoms with Crippen molar-refractivity contribution in [1.82, 2.24) is 19.9 Å².